The third-order valence-electron chi connectivity index (χ3n) is 6.16. The van der Waals surface area contributed by atoms with E-state index in [0.717, 1.165) is 12.1 Å². The van der Waals surface area contributed by atoms with Crippen molar-refractivity contribution in [3.8, 4) is 11.5 Å². The third kappa shape index (κ3) is 6.84. The van der Waals surface area contributed by atoms with E-state index in [1.807, 2.05) is 0 Å². The van der Waals surface area contributed by atoms with Gasteiger partial charge >= 0.3 is 6.18 Å². The summed E-state index contributed by atoms with van der Waals surface area (Å²) in [5, 5.41) is 0.837. The van der Waals surface area contributed by atoms with E-state index in [-0.39, 0.29) is 31.1 Å². The van der Waals surface area contributed by atoms with Gasteiger partial charge in [-0.05, 0) is 42.0 Å². The molecule has 12 heteroatoms. The van der Waals surface area contributed by atoms with E-state index >= 15 is 0 Å². The van der Waals surface area contributed by atoms with Crippen molar-refractivity contribution in [2.75, 3.05) is 13.2 Å². The zero-order chi connectivity index (χ0) is 29.0. The van der Waals surface area contributed by atoms with Crippen molar-refractivity contribution in [3.05, 3.63) is 119 Å². The Morgan fingerprint density at radius 3 is 2.41 bits per heavy atom. The van der Waals surface area contributed by atoms with Gasteiger partial charge in [0.15, 0.2) is 0 Å². The van der Waals surface area contributed by atoms with Crippen molar-refractivity contribution in [1.29, 1.82) is 0 Å². The molecule has 0 radical (unpaired) electrons. The lowest BCUT2D eigenvalue weighted by molar-refractivity contribution is -0.189. The van der Waals surface area contributed by atoms with Crippen LogP contribution in [0.15, 0.2) is 97.5 Å². The first-order valence-corrected chi connectivity index (χ1v) is 13.0. The summed E-state index contributed by atoms with van der Waals surface area (Å²) >= 11 is 12.6. The van der Waals surface area contributed by atoms with Crippen LogP contribution >= 0.6 is 23.2 Å². The van der Waals surface area contributed by atoms with Crippen molar-refractivity contribution >= 4 is 28.8 Å². The molecule has 0 bridgehead atoms. The van der Waals surface area contributed by atoms with Gasteiger partial charge in [0.1, 0.15) is 29.8 Å². The first-order valence-electron chi connectivity index (χ1n) is 12.3. The van der Waals surface area contributed by atoms with E-state index in [0.29, 0.717) is 21.4 Å². The van der Waals surface area contributed by atoms with Gasteiger partial charge in [0.25, 0.3) is 6.01 Å². The highest BCUT2D eigenvalue weighted by molar-refractivity contribution is 6.35. The predicted octanol–water partition coefficient (Wildman–Crippen LogP) is 7.82. The molecule has 3 aromatic carbocycles. The Kier molecular flexibility index (Phi) is 8.55. The van der Waals surface area contributed by atoms with Crippen LogP contribution in [0.4, 0.5) is 17.6 Å². The average molecular weight is 609 g/mol. The second-order valence-corrected chi connectivity index (χ2v) is 9.90. The van der Waals surface area contributed by atoms with Crippen LogP contribution in [0.5, 0.6) is 11.5 Å². The van der Waals surface area contributed by atoms with E-state index in [4.69, 9.17) is 42.1 Å². The molecule has 2 heterocycles. The summed E-state index contributed by atoms with van der Waals surface area (Å²) in [4.78, 5) is 4.06. The molecule has 0 spiro atoms. The van der Waals surface area contributed by atoms with Gasteiger partial charge in [-0.3, -0.25) is 0 Å². The highest BCUT2D eigenvalue weighted by atomic mass is 35.5. The maximum atomic E-state index is 14.6. The van der Waals surface area contributed by atoms with Crippen LogP contribution < -0.4 is 9.47 Å². The Labute approximate surface area is 242 Å². The van der Waals surface area contributed by atoms with Gasteiger partial charge in [-0.1, -0.05) is 59.6 Å². The summed E-state index contributed by atoms with van der Waals surface area (Å²) in [6, 6.07) is 15.4. The number of alkyl halides is 3. The molecular weight excluding hydrogens is 587 g/mol. The number of allylic oxidation sites excluding steroid dienone is 1. The second-order valence-electron chi connectivity index (χ2n) is 9.06. The molecule has 1 aromatic heterocycles. The van der Waals surface area contributed by atoms with Crippen molar-refractivity contribution in [3.63, 3.8) is 0 Å². The van der Waals surface area contributed by atoms with Gasteiger partial charge in [0, 0.05) is 23.0 Å². The van der Waals surface area contributed by atoms with Crippen molar-refractivity contribution < 1.29 is 36.5 Å². The van der Waals surface area contributed by atoms with Crippen molar-refractivity contribution in [1.82, 2.24) is 9.55 Å². The summed E-state index contributed by atoms with van der Waals surface area (Å²) in [5.41, 5.74) is -1.26. The molecule has 0 unspecified atom stereocenters. The normalized spacial score (nSPS) is 19.6. The quantitative estimate of drug-likeness (QED) is 0.143. The highest BCUT2D eigenvalue weighted by Crippen LogP contribution is 2.41. The molecule has 1 aliphatic rings. The van der Waals surface area contributed by atoms with Gasteiger partial charge in [-0.15, -0.1) is 0 Å². The Hall–Kier alpha value is -3.57. The lowest BCUT2D eigenvalue weighted by Crippen LogP contribution is -2.34. The number of imidazole rings is 1. The van der Waals surface area contributed by atoms with Crippen LogP contribution in [0.3, 0.4) is 0 Å². The minimum absolute atomic E-state index is 0.0809. The van der Waals surface area contributed by atoms with Crippen LogP contribution in [0.25, 0.3) is 5.57 Å². The molecule has 214 valence electrons. The van der Waals surface area contributed by atoms with E-state index in [1.165, 1.54) is 42.5 Å². The van der Waals surface area contributed by atoms with E-state index in [2.05, 4.69) is 4.98 Å². The monoisotopic (exact) mass is 608 g/mol. The summed E-state index contributed by atoms with van der Waals surface area (Å²) in [7, 11) is 0. The zero-order valence-electron chi connectivity index (χ0n) is 21.2. The SMILES string of the molecule is FC(Oc1ccc(OC[C@@H]2CO[C@@](Cn3ccnc3)(c3ccc(Cl)cc3Cl)O2)cc1)=C(c1ccccc1)C(F)(F)F. The van der Waals surface area contributed by atoms with Crippen LogP contribution in [-0.2, 0) is 21.8 Å². The fourth-order valence-corrected chi connectivity index (χ4v) is 4.87. The average Bonchev–Trinajstić information content (AvgIpc) is 3.59. The van der Waals surface area contributed by atoms with Gasteiger partial charge in [0.2, 0.25) is 5.79 Å². The lowest BCUT2D eigenvalue weighted by Gasteiger charge is -2.30. The van der Waals surface area contributed by atoms with Gasteiger partial charge < -0.3 is 23.5 Å². The molecule has 41 heavy (non-hydrogen) atoms. The summed E-state index contributed by atoms with van der Waals surface area (Å²) in [6.07, 6.45) is -0.432. The minimum atomic E-state index is -4.96. The maximum Gasteiger partial charge on any atom is 0.422 e. The topological polar surface area (TPSA) is 54.7 Å². The van der Waals surface area contributed by atoms with Gasteiger partial charge in [-0.2, -0.15) is 17.6 Å². The smallest absolute Gasteiger partial charge is 0.422 e. The van der Waals surface area contributed by atoms with E-state index in [1.54, 1.807) is 41.5 Å². The predicted molar refractivity (Wildman–Crippen MR) is 144 cm³/mol. The van der Waals surface area contributed by atoms with E-state index < -0.39 is 29.7 Å². The number of nitrogens with zero attached hydrogens (tertiary/aromatic N) is 2. The summed E-state index contributed by atoms with van der Waals surface area (Å²) < 4.78 is 80.2. The number of halogens is 6. The summed E-state index contributed by atoms with van der Waals surface area (Å²) in [5.74, 6) is -1.00. The van der Waals surface area contributed by atoms with Crippen molar-refractivity contribution in [2.24, 2.45) is 0 Å². The third-order valence-corrected chi connectivity index (χ3v) is 6.71. The number of ether oxygens (including phenoxy) is 4. The van der Waals surface area contributed by atoms with Crippen LogP contribution in [-0.4, -0.2) is 35.0 Å². The van der Waals surface area contributed by atoms with Gasteiger partial charge in [-0.25, -0.2) is 4.98 Å². The first-order chi connectivity index (χ1) is 19.6. The molecule has 5 rings (SSSR count). The number of hydrogen-bond donors (Lipinski definition) is 0. The second kappa shape index (κ2) is 12.1. The Balaban J connectivity index is 1.26. The molecule has 1 fully saturated rings. The molecule has 0 N–H and O–H groups in total. The molecular formula is C29H22Cl2F4N2O4. The lowest BCUT2D eigenvalue weighted by atomic mass is 10.1. The van der Waals surface area contributed by atoms with Gasteiger partial charge in [0.05, 0.1) is 24.5 Å². The number of benzene rings is 3. The molecule has 4 aromatic rings. The first kappa shape index (κ1) is 28.9. The van der Waals surface area contributed by atoms with Crippen LogP contribution in [0, 0.1) is 0 Å². The molecule has 0 saturated carbocycles. The standard InChI is InChI=1S/C29H22Cl2F4N2O4/c30-20-6-11-24(25(31)14-20)28(17-37-13-12-36-18-37)39-16-23(41-28)15-38-21-7-9-22(10-8-21)40-27(32)26(29(33,34)35)19-4-2-1-3-5-19/h1-14,18,23H,15-17H2/t23-,28-/m1/s1. The van der Waals surface area contributed by atoms with Crippen LogP contribution in [0.2, 0.25) is 10.0 Å². The van der Waals surface area contributed by atoms with Crippen LogP contribution in [0.1, 0.15) is 11.1 Å². The van der Waals surface area contributed by atoms with Crippen molar-refractivity contribution in [2.45, 2.75) is 24.6 Å². The number of rotatable bonds is 9. The number of aromatic nitrogens is 2. The number of hydrogen-bond acceptors (Lipinski definition) is 5. The summed E-state index contributed by atoms with van der Waals surface area (Å²) in [6.45, 7) is 0.529. The Bertz CT molecular complexity index is 1500. The minimum Gasteiger partial charge on any atom is -0.491 e. The maximum absolute atomic E-state index is 14.6. The molecule has 0 aliphatic carbocycles. The Morgan fingerprint density at radius 1 is 1.02 bits per heavy atom. The Morgan fingerprint density at radius 2 is 1.76 bits per heavy atom. The molecule has 0 amide bonds. The fraction of sp³-hybridized carbons (Fsp3) is 0.207. The molecule has 6 nitrogen and oxygen atoms in total. The molecule has 2 atom stereocenters. The fourth-order valence-electron chi connectivity index (χ4n) is 4.32. The van der Waals surface area contributed by atoms with E-state index in [9.17, 15) is 17.6 Å². The molecule has 1 aliphatic heterocycles. The molecule has 1 saturated heterocycles. The zero-order valence-corrected chi connectivity index (χ0v) is 22.7. The highest BCUT2D eigenvalue weighted by Gasteiger charge is 2.45. The largest absolute Gasteiger partial charge is 0.491 e.